The Balaban J connectivity index is 2.01. The van der Waals surface area contributed by atoms with E-state index in [9.17, 15) is 0 Å². The molecule has 0 saturated carbocycles. The van der Waals surface area contributed by atoms with Gasteiger partial charge >= 0.3 is 0 Å². The Morgan fingerprint density at radius 2 is 1.86 bits per heavy atom. The number of hydrogen-bond acceptors (Lipinski definition) is 2. The summed E-state index contributed by atoms with van der Waals surface area (Å²) >= 11 is 0. The predicted octanol–water partition coefficient (Wildman–Crippen LogP) is 4.40. The summed E-state index contributed by atoms with van der Waals surface area (Å²) in [5.41, 5.74) is 3.72. The summed E-state index contributed by atoms with van der Waals surface area (Å²) in [7, 11) is 0. The molecule has 2 aromatic carbocycles. The number of benzene rings is 2. The zero-order chi connectivity index (χ0) is 14.7. The van der Waals surface area contributed by atoms with Crippen LogP contribution < -0.4 is 5.32 Å². The third-order valence-electron chi connectivity index (χ3n) is 3.62. The standard InChI is InChI=1S/C19H20N2/c1-14(2)21-11-15-6-5-8-16(10-15)19-13-20-12-17-7-3-4-9-18(17)19/h3-10,12-14,21H,11H2,1-2H3. The van der Waals surface area contributed by atoms with Gasteiger partial charge in [0.2, 0.25) is 0 Å². The highest BCUT2D eigenvalue weighted by Crippen LogP contribution is 2.27. The van der Waals surface area contributed by atoms with E-state index in [1.165, 1.54) is 27.5 Å². The zero-order valence-electron chi connectivity index (χ0n) is 12.5. The molecule has 0 aliphatic rings. The minimum atomic E-state index is 0.493. The van der Waals surface area contributed by atoms with Gasteiger partial charge in [0.15, 0.2) is 0 Å². The van der Waals surface area contributed by atoms with E-state index in [2.05, 4.69) is 72.7 Å². The van der Waals surface area contributed by atoms with Crippen LogP contribution in [0.4, 0.5) is 0 Å². The number of nitrogens with one attached hydrogen (secondary N) is 1. The highest BCUT2D eigenvalue weighted by atomic mass is 14.9. The Kier molecular flexibility index (Phi) is 3.98. The van der Waals surface area contributed by atoms with E-state index in [-0.39, 0.29) is 0 Å². The van der Waals surface area contributed by atoms with E-state index in [0.29, 0.717) is 6.04 Å². The molecule has 0 spiro atoms. The molecule has 3 rings (SSSR count). The Bertz CT molecular complexity index is 742. The lowest BCUT2D eigenvalue weighted by Gasteiger charge is -2.11. The number of rotatable bonds is 4. The fraction of sp³-hybridized carbons (Fsp3) is 0.211. The quantitative estimate of drug-likeness (QED) is 0.764. The second-order valence-electron chi connectivity index (χ2n) is 5.64. The van der Waals surface area contributed by atoms with Crippen molar-refractivity contribution < 1.29 is 0 Å². The van der Waals surface area contributed by atoms with Crippen molar-refractivity contribution in [3.05, 3.63) is 66.5 Å². The van der Waals surface area contributed by atoms with Gasteiger partial charge in [-0.05, 0) is 22.6 Å². The van der Waals surface area contributed by atoms with Gasteiger partial charge < -0.3 is 5.32 Å². The molecule has 2 heteroatoms. The van der Waals surface area contributed by atoms with Crippen molar-refractivity contribution in [3.63, 3.8) is 0 Å². The first-order valence-corrected chi connectivity index (χ1v) is 7.39. The van der Waals surface area contributed by atoms with Crippen molar-refractivity contribution in [2.24, 2.45) is 0 Å². The minimum Gasteiger partial charge on any atom is -0.310 e. The van der Waals surface area contributed by atoms with Crippen molar-refractivity contribution in [1.29, 1.82) is 0 Å². The van der Waals surface area contributed by atoms with Gasteiger partial charge in [-0.2, -0.15) is 0 Å². The largest absolute Gasteiger partial charge is 0.310 e. The Hall–Kier alpha value is -2.19. The SMILES string of the molecule is CC(C)NCc1cccc(-c2cncc3ccccc23)c1. The molecule has 3 aromatic rings. The van der Waals surface area contributed by atoms with E-state index in [1.54, 1.807) is 0 Å². The average molecular weight is 276 g/mol. The summed E-state index contributed by atoms with van der Waals surface area (Å²) in [6.45, 7) is 5.22. The summed E-state index contributed by atoms with van der Waals surface area (Å²) in [6, 6.07) is 17.6. The number of fused-ring (bicyclic) bond motifs is 1. The number of aromatic nitrogens is 1. The Morgan fingerprint density at radius 3 is 2.71 bits per heavy atom. The molecule has 21 heavy (non-hydrogen) atoms. The van der Waals surface area contributed by atoms with Crippen LogP contribution in [0.3, 0.4) is 0 Å². The van der Waals surface area contributed by atoms with E-state index in [0.717, 1.165) is 6.54 Å². The smallest absolute Gasteiger partial charge is 0.0352 e. The predicted molar refractivity (Wildman–Crippen MR) is 89.2 cm³/mol. The maximum Gasteiger partial charge on any atom is 0.0352 e. The summed E-state index contributed by atoms with van der Waals surface area (Å²) in [4.78, 5) is 4.38. The van der Waals surface area contributed by atoms with Crippen molar-refractivity contribution in [3.8, 4) is 11.1 Å². The molecule has 0 unspecified atom stereocenters. The second-order valence-corrected chi connectivity index (χ2v) is 5.64. The third kappa shape index (κ3) is 3.11. The fourth-order valence-corrected chi connectivity index (χ4v) is 2.52. The normalized spacial score (nSPS) is 11.2. The minimum absolute atomic E-state index is 0.493. The third-order valence-corrected chi connectivity index (χ3v) is 3.62. The molecule has 106 valence electrons. The van der Waals surface area contributed by atoms with Crippen molar-refractivity contribution in [1.82, 2.24) is 10.3 Å². The molecule has 0 aliphatic heterocycles. The van der Waals surface area contributed by atoms with Crippen LogP contribution in [0.25, 0.3) is 21.9 Å². The molecule has 0 bridgehead atoms. The van der Waals surface area contributed by atoms with Crippen LogP contribution in [0.1, 0.15) is 19.4 Å². The summed E-state index contributed by atoms with van der Waals surface area (Å²) < 4.78 is 0. The highest BCUT2D eigenvalue weighted by Gasteiger charge is 2.05. The monoisotopic (exact) mass is 276 g/mol. The van der Waals surface area contributed by atoms with Crippen LogP contribution in [0, 0.1) is 0 Å². The van der Waals surface area contributed by atoms with E-state index in [1.807, 2.05) is 12.4 Å². The average Bonchev–Trinajstić information content (AvgIpc) is 2.52. The first-order valence-electron chi connectivity index (χ1n) is 7.39. The Labute approximate surface area is 125 Å². The lowest BCUT2D eigenvalue weighted by molar-refractivity contribution is 0.589. The molecular formula is C19H20N2. The number of nitrogens with zero attached hydrogens (tertiary/aromatic N) is 1. The van der Waals surface area contributed by atoms with E-state index >= 15 is 0 Å². The van der Waals surface area contributed by atoms with Crippen LogP contribution >= 0.6 is 0 Å². The molecule has 0 atom stereocenters. The van der Waals surface area contributed by atoms with Crippen molar-refractivity contribution in [2.75, 3.05) is 0 Å². The number of pyridine rings is 1. The van der Waals surface area contributed by atoms with Gasteiger partial charge in [0.05, 0.1) is 0 Å². The molecule has 0 saturated heterocycles. The maximum atomic E-state index is 4.38. The van der Waals surface area contributed by atoms with E-state index in [4.69, 9.17) is 0 Å². The molecular weight excluding hydrogens is 256 g/mol. The lowest BCUT2D eigenvalue weighted by Crippen LogP contribution is -2.21. The van der Waals surface area contributed by atoms with Gasteiger partial charge in [-0.3, -0.25) is 4.98 Å². The Morgan fingerprint density at radius 1 is 1.00 bits per heavy atom. The van der Waals surface area contributed by atoms with Gasteiger partial charge in [0.1, 0.15) is 0 Å². The molecule has 0 radical (unpaired) electrons. The van der Waals surface area contributed by atoms with Gasteiger partial charge in [0.25, 0.3) is 0 Å². The van der Waals surface area contributed by atoms with Crippen molar-refractivity contribution in [2.45, 2.75) is 26.4 Å². The summed E-state index contributed by atoms with van der Waals surface area (Å²) in [5.74, 6) is 0. The van der Waals surface area contributed by atoms with Crippen molar-refractivity contribution >= 4 is 10.8 Å². The van der Waals surface area contributed by atoms with Crippen LogP contribution in [0.2, 0.25) is 0 Å². The molecule has 1 N–H and O–H groups in total. The molecule has 0 amide bonds. The summed E-state index contributed by atoms with van der Waals surface area (Å²) in [6.07, 6.45) is 3.88. The van der Waals surface area contributed by atoms with Gasteiger partial charge in [-0.15, -0.1) is 0 Å². The molecule has 1 heterocycles. The maximum absolute atomic E-state index is 4.38. The van der Waals surface area contributed by atoms with Gasteiger partial charge in [-0.25, -0.2) is 0 Å². The zero-order valence-corrected chi connectivity index (χ0v) is 12.5. The van der Waals surface area contributed by atoms with Crippen LogP contribution in [-0.2, 0) is 6.54 Å². The lowest BCUT2D eigenvalue weighted by atomic mass is 9.99. The second kappa shape index (κ2) is 6.06. The number of hydrogen-bond donors (Lipinski definition) is 1. The van der Waals surface area contributed by atoms with Crippen LogP contribution in [0.15, 0.2) is 60.9 Å². The molecule has 1 aromatic heterocycles. The summed E-state index contributed by atoms with van der Waals surface area (Å²) in [5, 5.41) is 5.89. The first-order chi connectivity index (χ1) is 10.2. The fourth-order valence-electron chi connectivity index (χ4n) is 2.52. The van der Waals surface area contributed by atoms with E-state index < -0.39 is 0 Å². The first kappa shape index (κ1) is 13.8. The topological polar surface area (TPSA) is 24.9 Å². The molecule has 0 aliphatic carbocycles. The van der Waals surface area contributed by atoms with Gasteiger partial charge in [-0.1, -0.05) is 56.3 Å². The molecule has 0 fully saturated rings. The van der Waals surface area contributed by atoms with Crippen LogP contribution in [-0.4, -0.2) is 11.0 Å². The highest BCUT2D eigenvalue weighted by molar-refractivity contribution is 5.95. The van der Waals surface area contributed by atoms with Crippen LogP contribution in [0.5, 0.6) is 0 Å². The molecule has 2 nitrogen and oxygen atoms in total. The van der Waals surface area contributed by atoms with Gasteiger partial charge in [0, 0.05) is 35.9 Å².